The van der Waals surface area contributed by atoms with Crippen LogP contribution in [-0.2, 0) is 4.79 Å². The molecule has 1 aromatic rings. The summed E-state index contributed by atoms with van der Waals surface area (Å²) in [7, 11) is 0. The summed E-state index contributed by atoms with van der Waals surface area (Å²) in [4.78, 5) is 11.7. The van der Waals surface area contributed by atoms with Crippen molar-refractivity contribution in [1.29, 1.82) is 0 Å². The Labute approximate surface area is 115 Å². The molecule has 1 unspecified atom stereocenters. The molecule has 0 aliphatic heterocycles. The van der Waals surface area contributed by atoms with Crippen LogP contribution in [-0.4, -0.2) is 16.2 Å². The van der Waals surface area contributed by atoms with E-state index >= 15 is 0 Å². The molecule has 0 spiro atoms. The van der Waals surface area contributed by atoms with Crippen molar-refractivity contribution >= 4 is 5.97 Å². The van der Waals surface area contributed by atoms with Crippen LogP contribution in [0.25, 0.3) is 0 Å². The quantitative estimate of drug-likeness (QED) is 0.890. The predicted octanol–water partition coefficient (Wildman–Crippen LogP) is 4.14. The summed E-state index contributed by atoms with van der Waals surface area (Å²) in [5, 5.41) is 13.7. The number of carboxylic acid groups (broad SMARTS) is 1. The van der Waals surface area contributed by atoms with Crippen molar-refractivity contribution in [3.63, 3.8) is 0 Å². The van der Waals surface area contributed by atoms with Crippen LogP contribution in [0.5, 0.6) is 0 Å². The highest BCUT2D eigenvalue weighted by atomic mass is 16.5. The predicted molar refractivity (Wildman–Crippen MR) is 74.5 cm³/mol. The summed E-state index contributed by atoms with van der Waals surface area (Å²) >= 11 is 0. The molecule has 19 heavy (non-hydrogen) atoms. The molecular weight excluding hydrogens is 242 g/mol. The lowest BCUT2D eigenvalue weighted by molar-refractivity contribution is -0.141. The lowest BCUT2D eigenvalue weighted by Crippen LogP contribution is -2.28. The van der Waals surface area contributed by atoms with E-state index in [1.807, 2.05) is 48.5 Å². The van der Waals surface area contributed by atoms with Crippen molar-refractivity contribution in [2.24, 2.45) is 5.41 Å². The molecule has 0 aliphatic carbocycles. The average Bonchev–Trinajstić information content (AvgIpc) is 2.58. The van der Waals surface area contributed by atoms with Crippen molar-refractivity contribution in [3.8, 4) is 0 Å². The Morgan fingerprint density at radius 1 is 1.16 bits per heavy atom. The number of carbonyl (C=O) groups is 1. The molecule has 4 heteroatoms. The molecule has 0 saturated heterocycles. The zero-order valence-electron chi connectivity index (χ0n) is 12.9. The molecule has 4 nitrogen and oxygen atoms in total. The Balaban J connectivity index is 3.51. The Hall–Kier alpha value is -1.32. The monoisotopic (exact) mass is 267 g/mol. The molecule has 0 aliphatic rings. The van der Waals surface area contributed by atoms with E-state index in [-0.39, 0.29) is 17.3 Å². The number of nitrogens with zero attached hydrogens (tertiary/aromatic N) is 1. The Morgan fingerprint density at radius 3 is 2.00 bits per heavy atom. The second kappa shape index (κ2) is 5.35. The molecule has 0 aromatic carbocycles. The molecule has 1 heterocycles. The highest BCUT2D eigenvalue weighted by Gasteiger charge is 2.39. The van der Waals surface area contributed by atoms with Crippen molar-refractivity contribution in [2.75, 3.05) is 0 Å². The van der Waals surface area contributed by atoms with Gasteiger partial charge in [-0.25, -0.2) is 0 Å². The van der Waals surface area contributed by atoms with Gasteiger partial charge in [0.05, 0.1) is 11.6 Å². The summed E-state index contributed by atoms with van der Waals surface area (Å²) in [6.45, 7) is 13.8. The molecule has 108 valence electrons. The van der Waals surface area contributed by atoms with Crippen LogP contribution < -0.4 is 0 Å². The van der Waals surface area contributed by atoms with Crippen LogP contribution in [0.1, 0.15) is 83.2 Å². The molecule has 0 bridgehead atoms. The molecule has 0 fully saturated rings. The van der Waals surface area contributed by atoms with Crippen LogP contribution in [0, 0.1) is 5.41 Å². The minimum absolute atomic E-state index is 0.124. The minimum Gasteiger partial charge on any atom is -0.481 e. The van der Waals surface area contributed by atoms with E-state index in [4.69, 9.17) is 4.52 Å². The topological polar surface area (TPSA) is 63.3 Å². The molecule has 1 aromatic heterocycles. The lowest BCUT2D eigenvalue weighted by Gasteiger charge is -2.28. The normalized spacial score (nSPS) is 14.2. The second-order valence-corrected chi connectivity index (χ2v) is 6.79. The SMILES string of the molecule is CC(C)c1noc(C(C)C)c1C(C(=O)O)C(C)(C)C. The second-order valence-electron chi connectivity index (χ2n) is 6.79. The minimum atomic E-state index is -0.820. The van der Waals surface area contributed by atoms with E-state index in [2.05, 4.69) is 5.16 Å². The van der Waals surface area contributed by atoms with Crippen LogP contribution >= 0.6 is 0 Å². The maximum atomic E-state index is 11.7. The summed E-state index contributed by atoms with van der Waals surface area (Å²) in [5.41, 5.74) is 1.15. The van der Waals surface area contributed by atoms with Gasteiger partial charge in [0.2, 0.25) is 0 Å². The van der Waals surface area contributed by atoms with Gasteiger partial charge in [0, 0.05) is 11.5 Å². The van der Waals surface area contributed by atoms with E-state index in [1.54, 1.807) is 0 Å². The smallest absolute Gasteiger partial charge is 0.311 e. The van der Waals surface area contributed by atoms with Gasteiger partial charge in [-0.2, -0.15) is 0 Å². The first-order valence-corrected chi connectivity index (χ1v) is 6.79. The average molecular weight is 267 g/mol. The third-order valence-corrected chi connectivity index (χ3v) is 3.26. The molecule has 0 amide bonds. The number of hydrogen-bond donors (Lipinski definition) is 1. The molecule has 0 radical (unpaired) electrons. The van der Waals surface area contributed by atoms with Crippen molar-refractivity contribution in [2.45, 2.75) is 66.2 Å². The maximum absolute atomic E-state index is 11.7. The van der Waals surface area contributed by atoms with Gasteiger partial charge in [0.1, 0.15) is 5.76 Å². The fourth-order valence-corrected chi connectivity index (χ4v) is 2.37. The number of aliphatic carboxylic acids is 1. The molecule has 1 N–H and O–H groups in total. The fourth-order valence-electron chi connectivity index (χ4n) is 2.37. The first-order valence-electron chi connectivity index (χ1n) is 6.79. The van der Waals surface area contributed by atoms with Crippen molar-refractivity contribution < 1.29 is 14.4 Å². The van der Waals surface area contributed by atoms with Gasteiger partial charge in [-0.15, -0.1) is 0 Å². The third kappa shape index (κ3) is 3.17. The Morgan fingerprint density at radius 2 is 1.68 bits per heavy atom. The largest absolute Gasteiger partial charge is 0.481 e. The highest BCUT2D eigenvalue weighted by molar-refractivity contribution is 5.78. The standard InChI is InChI=1S/C15H25NO3/c1-8(2)12-10(13(9(3)4)19-16-12)11(14(17)18)15(5,6)7/h8-9,11H,1-7H3,(H,17,18). The molecule has 0 saturated carbocycles. The summed E-state index contributed by atoms with van der Waals surface area (Å²) in [6, 6.07) is 0. The van der Waals surface area contributed by atoms with Gasteiger partial charge in [0.25, 0.3) is 0 Å². The van der Waals surface area contributed by atoms with E-state index in [9.17, 15) is 9.90 Å². The van der Waals surface area contributed by atoms with E-state index in [0.717, 1.165) is 11.3 Å². The molecule has 1 atom stereocenters. The third-order valence-electron chi connectivity index (χ3n) is 3.26. The summed E-state index contributed by atoms with van der Waals surface area (Å²) < 4.78 is 5.43. The van der Waals surface area contributed by atoms with Gasteiger partial charge in [-0.05, 0) is 11.3 Å². The lowest BCUT2D eigenvalue weighted by atomic mass is 9.74. The molecule has 1 rings (SSSR count). The Bertz CT molecular complexity index is 427. The van der Waals surface area contributed by atoms with Crippen LogP contribution in [0.3, 0.4) is 0 Å². The van der Waals surface area contributed by atoms with Crippen molar-refractivity contribution in [3.05, 3.63) is 17.0 Å². The van der Waals surface area contributed by atoms with Crippen molar-refractivity contribution in [1.82, 2.24) is 5.16 Å². The number of hydrogen-bond acceptors (Lipinski definition) is 3. The number of aromatic nitrogens is 1. The van der Waals surface area contributed by atoms with Crippen LogP contribution in [0.2, 0.25) is 0 Å². The molecular formula is C15H25NO3. The fraction of sp³-hybridized carbons (Fsp3) is 0.733. The summed E-state index contributed by atoms with van der Waals surface area (Å²) in [6.07, 6.45) is 0. The maximum Gasteiger partial charge on any atom is 0.311 e. The number of carboxylic acids is 1. The first kappa shape index (κ1) is 15.7. The first-order chi connectivity index (χ1) is 8.57. The van der Waals surface area contributed by atoms with Gasteiger partial charge >= 0.3 is 5.97 Å². The zero-order chi connectivity index (χ0) is 15.0. The van der Waals surface area contributed by atoms with Gasteiger partial charge in [-0.1, -0.05) is 53.6 Å². The van der Waals surface area contributed by atoms with E-state index < -0.39 is 11.9 Å². The Kier molecular flexibility index (Phi) is 4.43. The summed E-state index contributed by atoms with van der Waals surface area (Å²) in [5.74, 6) is -0.450. The van der Waals surface area contributed by atoms with Gasteiger partial charge < -0.3 is 9.63 Å². The van der Waals surface area contributed by atoms with Crippen LogP contribution in [0.4, 0.5) is 0 Å². The highest BCUT2D eigenvalue weighted by Crippen LogP contribution is 2.42. The number of rotatable bonds is 4. The van der Waals surface area contributed by atoms with Crippen LogP contribution in [0.15, 0.2) is 4.52 Å². The van der Waals surface area contributed by atoms with E-state index in [0.29, 0.717) is 5.76 Å². The van der Waals surface area contributed by atoms with E-state index in [1.165, 1.54) is 0 Å². The van der Waals surface area contributed by atoms with Gasteiger partial charge in [-0.3, -0.25) is 4.79 Å². The van der Waals surface area contributed by atoms with Gasteiger partial charge in [0.15, 0.2) is 0 Å². The zero-order valence-corrected chi connectivity index (χ0v) is 12.9.